The highest BCUT2D eigenvalue weighted by Crippen LogP contribution is 2.30. The number of aromatic nitrogens is 2. The highest BCUT2D eigenvalue weighted by atomic mass is 16.5. The lowest BCUT2D eigenvalue weighted by Crippen LogP contribution is -2.36. The lowest BCUT2D eigenvalue weighted by atomic mass is 10.0. The van der Waals surface area contributed by atoms with Crippen LogP contribution in [0.3, 0.4) is 0 Å². The van der Waals surface area contributed by atoms with Gasteiger partial charge in [0.2, 0.25) is 0 Å². The summed E-state index contributed by atoms with van der Waals surface area (Å²) in [5, 5.41) is 0. The van der Waals surface area contributed by atoms with Crippen LogP contribution in [0.2, 0.25) is 0 Å². The first-order valence-electron chi connectivity index (χ1n) is 8.19. The molecule has 1 fully saturated rings. The van der Waals surface area contributed by atoms with E-state index in [0.29, 0.717) is 24.7 Å². The molecule has 122 valence electrons. The molecular weight excluding hydrogens is 294 g/mol. The first-order valence-corrected chi connectivity index (χ1v) is 8.19. The highest BCUT2D eigenvalue weighted by molar-refractivity contribution is 5.92. The normalized spacial score (nSPS) is 18.9. The third-order valence-corrected chi connectivity index (χ3v) is 4.76. The predicted octanol–water partition coefficient (Wildman–Crippen LogP) is 2.11. The summed E-state index contributed by atoms with van der Waals surface area (Å²) < 4.78 is 13.2. The van der Waals surface area contributed by atoms with Crippen molar-refractivity contribution < 1.29 is 13.9 Å². The van der Waals surface area contributed by atoms with Crippen molar-refractivity contribution >= 4 is 5.91 Å². The first kappa shape index (κ1) is 14.5. The molecule has 0 N–H and O–H groups in total. The van der Waals surface area contributed by atoms with Crippen molar-refractivity contribution in [3.8, 4) is 0 Å². The molecule has 0 radical (unpaired) electrons. The summed E-state index contributed by atoms with van der Waals surface area (Å²) >= 11 is 0. The Morgan fingerprint density at radius 3 is 2.91 bits per heavy atom. The molecular formula is C17H21N3O3. The minimum Gasteiger partial charge on any atom is -0.445 e. The van der Waals surface area contributed by atoms with Gasteiger partial charge in [0.25, 0.3) is 5.91 Å². The number of ether oxygens (including phenoxy) is 1. The van der Waals surface area contributed by atoms with Crippen molar-refractivity contribution in [1.29, 1.82) is 0 Å². The number of aryl methyl sites for hydroxylation is 1. The van der Waals surface area contributed by atoms with E-state index in [4.69, 9.17) is 9.15 Å². The fourth-order valence-corrected chi connectivity index (χ4v) is 3.36. The van der Waals surface area contributed by atoms with E-state index >= 15 is 0 Å². The van der Waals surface area contributed by atoms with Crippen molar-refractivity contribution in [2.75, 3.05) is 19.8 Å². The largest absolute Gasteiger partial charge is 0.445 e. The number of hydrogen-bond donors (Lipinski definition) is 0. The summed E-state index contributed by atoms with van der Waals surface area (Å²) in [4.78, 5) is 19.2. The number of nitrogens with zero attached hydrogens (tertiary/aromatic N) is 3. The predicted molar refractivity (Wildman–Crippen MR) is 83.2 cm³/mol. The maximum absolute atomic E-state index is 12.6. The summed E-state index contributed by atoms with van der Waals surface area (Å²) in [6, 6.07) is 3.75. The van der Waals surface area contributed by atoms with E-state index in [9.17, 15) is 4.79 Å². The monoisotopic (exact) mass is 315 g/mol. The topological polar surface area (TPSA) is 60.5 Å². The maximum atomic E-state index is 12.6. The van der Waals surface area contributed by atoms with E-state index in [2.05, 4.69) is 4.98 Å². The van der Waals surface area contributed by atoms with Crippen LogP contribution in [0.1, 0.15) is 46.6 Å². The zero-order valence-corrected chi connectivity index (χ0v) is 13.3. The van der Waals surface area contributed by atoms with Gasteiger partial charge in [-0.3, -0.25) is 4.79 Å². The molecule has 0 aromatic carbocycles. The second kappa shape index (κ2) is 5.85. The molecule has 23 heavy (non-hydrogen) atoms. The zero-order chi connectivity index (χ0) is 15.8. The maximum Gasteiger partial charge on any atom is 0.270 e. The number of rotatable bonds is 2. The van der Waals surface area contributed by atoms with E-state index in [1.54, 1.807) is 0 Å². The Morgan fingerprint density at radius 1 is 1.35 bits per heavy atom. The molecule has 0 saturated carbocycles. The number of oxazole rings is 1. The Bertz CT molecular complexity index is 712. The molecule has 0 atom stereocenters. The van der Waals surface area contributed by atoms with E-state index in [1.807, 2.05) is 34.8 Å². The lowest BCUT2D eigenvalue weighted by molar-refractivity contribution is 0.0716. The van der Waals surface area contributed by atoms with Crippen LogP contribution >= 0.6 is 0 Å². The van der Waals surface area contributed by atoms with Gasteiger partial charge >= 0.3 is 0 Å². The average Bonchev–Trinajstić information content (AvgIpc) is 3.20. The fraction of sp³-hybridized carbons (Fsp3) is 0.529. The van der Waals surface area contributed by atoms with E-state index in [1.165, 1.54) is 0 Å². The molecule has 2 aromatic heterocycles. The smallest absolute Gasteiger partial charge is 0.270 e. The Morgan fingerprint density at radius 2 is 2.17 bits per heavy atom. The van der Waals surface area contributed by atoms with Gasteiger partial charge in [-0.1, -0.05) is 0 Å². The van der Waals surface area contributed by atoms with Crippen LogP contribution in [0.15, 0.2) is 22.7 Å². The van der Waals surface area contributed by atoms with Crippen molar-refractivity contribution in [1.82, 2.24) is 14.5 Å². The lowest BCUT2D eigenvalue weighted by Gasteiger charge is -2.25. The Kier molecular flexibility index (Phi) is 3.69. The molecule has 6 nitrogen and oxygen atoms in total. The molecule has 0 spiro atoms. The van der Waals surface area contributed by atoms with Crippen molar-refractivity contribution in [2.24, 2.45) is 7.05 Å². The summed E-state index contributed by atoms with van der Waals surface area (Å²) in [6.45, 7) is 2.76. The van der Waals surface area contributed by atoms with Gasteiger partial charge in [-0.2, -0.15) is 0 Å². The quantitative estimate of drug-likeness (QED) is 0.851. The van der Waals surface area contributed by atoms with Crippen LogP contribution in [0.25, 0.3) is 0 Å². The fourth-order valence-electron chi connectivity index (χ4n) is 3.36. The second-order valence-corrected chi connectivity index (χ2v) is 6.29. The van der Waals surface area contributed by atoms with Crippen LogP contribution in [-0.2, 0) is 24.8 Å². The number of amides is 1. The van der Waals surface area contributed by atoms with Crippen LogP contribution in [0.4, 0.5) is 0 Å². The van der Waals surface area contributed by atoms with Gasteiger partial charge in [0.15, 0.2) is 5.89 Å². The Balaban J connectivity index is 1.52. The van der Waals surface area contributed by atoms with Crippen molar-refractivity contribution in [3.05, 3.63) is 41.4 Å². The van der Waals surface area contributed by atoms with Crippen molar-refractivity contribution in [3.63, 3.8) is 0 Å². The van der Waals surface area contributed by atoms with Gasteiger partial charge in [-0.15, -0.1) is 0 Å². The van der Waals surface area contributed by atoms with Crippen LogP contribution < -0.4 is 0 Å². The number of carbonyl (C=O) groups is 1. The molecule has 6 heteroatoms. The average molecular weight is 315 g/mol. The summed E-state index contributed by atoms with van der Waals surface area (Å²) in [6.07, 6.45) is 4.56. The molecule has 1 saturated heterocycles. The van der Waals surface area contributed by atoms with Crippen LogP contribution in [0.5, 0.6) is 0 Å². The Hall–Kier alpha value is -2.08. The minimum absolute atomic E-state index is 0.0544. The molecule has 1 amide bonds. The van der Waals surface area contributed by atoms with Crippen molar-refractivity contribution in [2.45, 2.75) is 31.7 Å². The molecule has 4 heterocycles. The minimum atomic E-state index is 0.0544. The third-order valence-electron chi connectivity index (χ3n) is 4.76. The van der Waals surface area contributed by atoms with Gasteiger partial charge in [0.05, 0.1) is 6.54 Å². The van der Waals surface area contributed by atoms with Gasteiger partial charge in [-0.25, -0.2) is 4.98 Å². The highest BCUT2D eigenvalue weighted by Gasteiger charge is 2.29. The molecule has 2 aliphatic rings. The van der Waals surface area contributed by atoms with Gasteiger partial charge < -0.3 is 18.6 Å². The standard InChI is InChI=1S/C17H21N3O3/c1-19-7-2-3-14(19)17(21)20-8-4-15-13(11-20)18-16(23-15)12-5-9-22-10-6-12/h2-3,7,12H,4-6,8-11H2,1H3. The summed E-state index contributed by atoms with van der Waals surface area (Å²) in [7, 11) is 1.89. The van der Waals surface area contributed by atoms with Gasteiger partial charge in [0, 0.05) is 45.3 Å². The molecule has 2 aliphatic heterocycles. The van der Waals surface area contributed by atoms with E-state index < -0.39 is 0 Å². The third kappa shape index (κ3) is 2.67. The summed E-state index contributed by atoms with van der Waals surface area (Å²) in [5.74, 6) is 2.18. The first-order chi connectivity index (χ1) is 11.2. The molecule has 4 rings (SSSR count). The van der Waals surface area contributed by atoms with E-state index in [0.717, 1.165) is 49.8 Å². The molecule has 0 bridgehead atoms. The van der Waals surface area contributed by atoms with Gasteiger partial charge in [-0.05, 0) is 25.0 Å². The summed E-state index contributed by atoms with van der Waals surface area (Å²) in [5.41, 5.74) is 1.63. The SMILES string of the molecule is Cn1cccc1C(=O)N1CCc2oc(C3CCOCC3)nc2C1. The number of fused-ring (bicyclic) bond motifs is 1. The van der Waals surface area contributed by atoms with Crippen LogP contribution in [-0.4, -0.2) is 40.1 Å². The van der Waals surface area contributed by atoms with Gasteiger partial charge in [0.1, 0.15) is 17.1 Å². The number of hydrogen-bond acceptors (Lipinski definition) is 4. The molecule has 0 aliphatic carbocycles. The second-order valence-electron chi connectivity index (χ2n) is 6.29. The molecule has 0 unspecified atom stereocenters. The Labute approximate surface area is 135 Å². The zero-order valence-electron chi connectivity index (χ0n) is 13.3. The van der Waals surface area contributed by atoms with Crippen LogP contribution in [0, 0.1) is 0 Å². The number of carbonyl (C=O) groups excluding carboxylic acids is 1. The molecule has 2 aromatic rings. The van der Waals surface area contributed by atoms with E-state index in [-0.39, 0.29) is 5.91 Å².